The predicted molar refractivity (Wildman–Crippen MR) is 64.3 cm³/mol. The molecule has 2 aromatic rings. The minimum Gasteiger partial charge on any atom is -0.396 e. The number of aryl methyl sites for hydroxylation is 1. The highest BCUT2D eigenvalue weighted by atomic mass is 16.3. The fourth-order valence-electron chi connectivity index (χ4n) is 2.16. The van der Waals surface area contributed by atoms with E-state index < -0.39 is 6.10 Å². The zero-order chi connectivity index (χ0) is 11.5. The van der Waals surface area contributed by atoms with E-state index >= 15 is 0 Å². The average Bonchev–Trinajstić information content (AvgIpc) is 2.62. The maximum Gasteiger partial charge on any atom is 0.0814 e. The summed E-state index contributed by atoms with van der Waals surface area (Å²) in [4.78, 5) is 3.26. The molecule has 0 aliphatic heterocycles. The first-order valence-electron chi connectivity index (χ1n) is 5.60. The second kappa shape index (κ2) is 4.68. The Balaban J connectivity index is 2.38. The second-order valence-corrected chi connectivity index (χ2v) is 4.09. The zero-order valence-electron chi connectivity index (χ0n) is 9.40. The van der Waals surface area contributed by atoms with Crippen LogP contribution in [0.4, 0.5) is 0 Å². The monoisotopic (exact) mass is 219 g/mol. The third-order valence-corrected chi connectivity index (χ3v) is 2.91. The molecule has 0 amide bonds. The van der Waals surface area contributed by atoms with Gasteiger partial charge in [0.1, 0.15) is 0 Å². The van der Waals surface area contributed by atoms with Gasteiger partial charge in [-0.3, -0.25) is 0 Å². The molecular formula is C13H17NO2. The van der Waals surface area contributed by atoms with E-state index in [9.17, 15) is 5.11 Å². The number of fused-ring (bicyclic) bond motifs is 1. The maximum absolute atomic E-state index is 10.1. The molecule has 1 aromatic heterocycles. The first-order valence-corrected chi connectivity index (χ1v) is 5.60. The number of H-pyrrole nitrogens is 1. The van der Waals surface area contributed by atoms with Crippen molar-refractivity contribution in [2.75, 3.05) is 6.61 Å². The molecule has 3 N–H and O–H groups in total. The third-order valence-electron chi connectivity index (χ3n) is 2.91. The van der Waals surface area contributed by atoms with E-state index in [4.69, 9.17) is 5.11 Å². The smallest absolute Gasteiger partial charge is 0.0814 e. The van der Waals surface area contributed by atoms with Crippen molar-refractivity contribution in [3.05, 3.63) is 35.5 Å². The Hall–Kier alpha value is -1.32. The van der Waals surface area contributed by atoms with Gasteiger partial charge in [0.25, 0.3) is 0 Å². The summed E-state index contributed by atoms with van der Waals surface area (Å²) in [6.07, 6.45) is 0.725. The van der Waals surface area contributed by atoms with Crippen LogP contribution in [0.2, 0.25) is 0 Å². The summed E-state index contributed by atoms with van der Waals surface area (Å²) < 4.78 is 0. The molecule has 1 aromatic carbocycles. The Morgan fingerprint density at radius 1 is 1.31 bits per heavy atom. The van der Waals surface area contributed by atoms with E-state index in [1.165, 1.54) is 0 Å². The molecule has 1 unspecified atom stereocenters. The number of hydrogen-bond acceptors (Lipinski definition) is 2. The molecule has 0 fully saturated rings. The number of aromatic nitrogens is 1. The van der Waals surface area contributed by atoms with Crippen LogP contribution in [0, 0.1) is 6.92 Å². The van der Waals surface area contributed by atoms with Crippen molar-refractivity contribution in [3.63, 3.8) is 0 Å². The molecule has 3 heteroatoms. The molecule has 1 atom stereocenters. The van der Waals surface area contributed by atoms with Gasteiger partial charge in [-0.25, -0.2) is 0 Å². The summed E-state index contributed by atoms with van der Waals surface area (Å²) in [7, 11) is 0. The van der Waals surface area contributed by atoms with Crippen molar-refractivity contribution >= 4 is 10.9 Å². The second-order valence-electron chi connectivity index (χ2n) is 4.09. The number of rotatable bonds is 4. The molecule has 0 saturated carbocycles. The number of benzene rings is 1. The molecule has 16 heavy (non-hydrogen) atoms. The SMILES string of the molecule is Cc1[nH]c2ccccc2c1C(O)CCCO. The molecule has 0 saturated heterocycles. The molecule has 0 aliphatic rings. The summed E-state index contributed by atoms with van der Waals surface area (Å²) >= 11 is 0. The Morgan fingerprint density at radius 2 is 2.06 bits per heavy atom. The maximum atomic E-state index is 10.1. The third kappa shape index (κ3) is 1.96. The van der Waals surface area contributed by atoms with Gasteiger partial charge in [-0.1, -0.05) is 18.2 Å². The Bertz CT molecular complexity index is 476. The van der Waals surface area contributed by atoms with E-state index in [1.54, 1.807) is 0 Å². The highest BCUT2D eigenvalue weighted by molar-refractivity contribution is 5.84. The lowest BCUT2D eigenvalue weighted by molar-refractivity contribution is 0.152. The van der Waals surface area contributed by atoms with Gasteiger partial charge in [0.05, 0.1) is 6.10 Å². The average molecular weight is 219 g/mol. The molecule has 0 bridgehead atoms. The number of aliphatic hydroxyl groups is 2. The largest absolute Gasteiger partial charge is 0.396 e. The van der Waals surface area contributed by atoms with Crippen LogP contribution in [-0.2, 0) is 0 Å². The minimum absolute atomic E-state index is 0.123. The van der Waals surface area contributed by atoms with E-state index in [2.05, 4.69) is 4.98 Å². The van der Waals surface area contributed by atoms with Gasteiger partial charge in [-0.05, 0) is 25.8 Å². The molecular weight excluding hydrogens is 202 g/mol. The van der Waals surface area contributed by atoms with Gasteiger partial charge in [-0.2, -0.15) is 0 Å². The van der Waals surface area contributed by atoms with E-state index in [0.29, 0.717) is 12.8 Å². The molecule has 1 heterocycles. The Morgan fingerprint density at radius 3 is 2.81 bits per heavy atom. The lowest BCUT2D eigenvalue weighted by Crippen LogP contribution is -2.00. The van der Waals surface area contributed by atoms with Gasteiger partial charge < -0.3 is 15.2 Å². The number of aliphatic hydroxyl groups excluding tert-OH is 2. The van der Waals surface area contributed by atoms with Crippen LogP contribution in [0.25, 0.3) is 10.9 Å². The van der Waals surface area contributed by atoms with Gasteiger partial charge in [0.2, 0.25) is 0 Å². The van der Waals surface area contributed by atoms with Crippen molar-refractivity contribution in [2.24, 2.45) is 0 Å². The summed E-state index contributed by atoms with van der Waals surface area (Å²) in [6.45, 7) is 2.09. The van der Waals surface area contributed by atoms with E-state index in [1.807, 2.05) is 31.2 Å². The highest BCUT2D eigenvalue weighted by Crippen LogP contribution is 2.29. The lowest BCUT2D eigenvalue weighted by atomic mass is 10.0. The number of nitrogens with one attached hydrogen (secondary N) is 1. The van der Waals surface area contributed by atoms with E-state index in [-0.39, 0.29) is 6.61 Å². The molecule has 2 rings (SSSR count). The molecule has 0 spiro atoms. The molecule has 0 aliphatic carbocycles. The molecule has 86 valence electrons. The van der Waals surface area contributed by atoms with Gasteiger partial charge in [0, 0.05) is 28.8 Å². The van der Waals surface area contributed by atoms with Crippen LogP contribution in [0.1, 0.15) is 30.2 Å². The number of para-hydroxylation sites is 1. The molecule has 3 nitrogen and oxygen atoms in total. The molecule has 0 radical (unpaired) electrons. The normalized spacial score (nSPS) is 13.2. The van der Waals surface area contributed by atoms with Gasteiger partial charge in [-0.15, -0.1) is 0 Å². The fraction of sp³-hybridized carbons (Fsp3) is 0.385. The predicted octanol–water partition coefficient (Wildman–Crippen LogP) is 2.28. The summed E-state index contributed by atoms with van der Waals surface area (Å²) in [5, 5.41) is 19.9. The van der Waals surface area contributed by atoms with Crippen molar-refractivity contribution in [3.8, 4) is 0 Å². The summed E-state index contributed by atoms with van der Waals surface area (Å²) in [5.74, 6) is 0. The van der Waals surface area contributed by atoms with Crippen molar-refractivity contribution in [1.29, 1.82) is 0 Å². The Labute approximate surface area is 94.7 Å². The summed E-state index contributed by atoms with van der Waals surface area (Å²) in [5.41, 5.74) is 3.02. The van der Waals surface area contributed by atoms with Crippen molar-refractivity contribution in [1.82, 2.24) is 4.98 Å². The topological polar surface area (TPSA) is 56.2 Å². The van der Waals surface area contributed by atoms with Crippen LogP contribution >= 0.6 is 0 Å². The van der Waals surface area contributed by atoms with Crippen LogP contribution in [0.5, 0.6) is 0 Å². The van der Waals surface area contributed by atoms with Crippen molar-refractivity contribution in [2.45, 2.75) is 25.9 Å². The zero-order valence-corrected chi connectivity index (χ0v) is 9.40. The van der Waals surface area contributed by atoms with Gasteiger partial charge >= 0.3 is 0 Å². The number of hydrogen-bond donors (Lipinski definition) is 3. The summed E-state index contributed by atoms with van der Waals surface area (Å²) in [6, 6.07) is 7.96. The van der Waals surface area contributed by atoms with Crippen LogP contribution in [-0.4, -0.2) is 21.8 Å². The first kappa shape index (κ1) is 11.2. The lowest BCUT2D eigenvalue weighted by Gasteiger charge is -2.10. The van der Waals surface area contributed by atoms with Gasteiger partial charge in [0.15, 0.2) is 0 Å². The number of aromatic amines is 1. The van der Waals surface area contributed by atoms with Crippen molar-refractivity contribution < 1.29 is 10.2 Å². The first-order chi connectivity index (χ1) is 7.74. The van der Waals surface area contributed by atoms with Crippen LogP contribution < -0.4 is 0 Å². The standard InChI is InChI=1S/C13H17NO2/c1-9-13(12(16)7-4-8-15)10-5-2-3-6-11(10)14-9/h2-3,5-6,12,14-16H,4,7-8H2,1H3. The fourth-order valence-corrected chi connectivity index (χ4v) is 2.16. The quantitative estimate of drug-likeness (QED) is 0.739. The van der Waals surface area contributed by atoms with Crippen LogP contribution in [0.15, 0.2) is 24.3 Å². The van der Waals surface area contributed by atoms with E-state index in [0.717, 1.165) is 22.2 Å². The van der Waals surface area contributed by atoms with Crippen LogP contribution in [0.3, 0.4) is 0 Å². The minimum atomic E-state index is -0.497. The highest BCUT2D eigenvalue weighted by Gasteiger charge is 2.15. The Kier molecular flexibility index (Phi) is 3.27.